The van der Waals surface area contributed by atoms with Gasteiger partial charge in [-0.25, -0.2) is 4.79 Å². The van der Waals surface area contributed by atoms with Crippen LogP contribution in [0.3, 0.4) is 0 Å². The fraction of sp³-hybridized carbons (Fsp3) is 0.407. The number of amides is 1. The van der Waals surface area contributed by atoms with Crippen LogP contribution in [0.1, 0.15) is 47.8 Å². The third-order valence-electron chi connectivity index (χ3n) is 6.67. The maximum atomic E-state index is 13.4. The molecule has 0 bridgehead atoms. The van der Waals surface area contributed by atoms with Gasteiger partial charge in [0.05, 0.1) is 30.9 Å². The number of esters is 1. The summed E-state index contributed by atoms with van der Waals surface area (Å²) in [5.41, 5.74) is 7.81. The molecule has 4 rings (SSSR count). The summed E-state index contributed by atoms with van der Waals surface area (Å²) in [5.74, 6) is -0.676. The normalized spacial score (nSPS) is 19.8. The molecule has 1 fully saturated rings. The molecule has 0 N–H and O–H groups in total. The molecule has 0 radical (unpaired) electrons. The largest absolute Gasteiger partial charge is 0.465 e. The van der Waals surface area contributed by atoms with Crippen molar-refractivity contribution in [3.05, 3.63) is 69.2 Å². The Morgan fingerprint density at radius 2 is 1.94 bits per heavy atom. The van der Waals surface area contributed by atoms with Crippen molar-refractivity contribution in [2.24, 2.45) is 0 Å². The van der Waals surface area contributed by atoms with Crippen LogP contribution in [0.25, 0.3) is 11.8 Å². The first kappa shape index (κ1) is 23.1. The van der Waals surface area contributed by atoms with E-state index in [0.717, 1.165) is 35.5 Å². The molecule has 1 atom stereocenters. The minimum Gasteiger partial charge on any atom is -0.465 e. The third-order valence-corrected chi connectivity index (χ3v) is 6.67. The van der Waals surface area contributed by atoms with Crippen molar-refractivity contribution in [3.63, 3.8) is 0 Å². The highest BCUT2D eigenvalue weighted by atomic mass is 16.5. The number of ether oxygens (including phenoxy) is 2. The molecule has 1 saturated heterocycles. The van der Waals surface area contributed by atoms with Crippen molar-refractivity contribution in [1.29, 1.82) is 0 Å². The number of hydrogen-bond acceptors (Lipinski definition) is 4. The van der Waals surface area contributed by atoms with Crippen LogP contribution < -0.4 is 0 Å². The van der Waals surface area contributed by atoms with E-state index in [1.807, 2.05) is 13.0 Å². The highest BCUT2D eigenvalue weighted by Crippen LogP contribution is 2.34. The van der Waals surface area contributed by atoms with Crippen LogP contribution in [0.5, 0.6) is 0 Å². The molecule has 2 aliphatic heterocycles. The van der Waals surface area contributed by atoms with E-state index in [9.17, 15) is 9.59 Å². The molecular weight excluding hydrogens is 416 g/mol. The Hall–Kier alpha value is -3.12. The number of allylic oxidation sites excluding steroid dienone is 1. The van der Waals surface area contributed by atoms with Crippen LogP contribution in [-0.2, 0) is 19.1 Å². The summed E-state index contributed by atoms with van der Waals surface area (Å²) in [7, 11) is 1.35. The molecule has 3 heterocycles. The fourth-order valence-electron chi connectivity index (χ4n) is 4.96. The van der Waals surface area contributed by atoms with Crippen LogP contribution in [0.4, 0.5) is 0 Å². The zero-order valence-electron chi connectivity index (χ0n) is 20.3. The monoisotopic (exact) mass is 448 g/mol. The molecule has 1 aromatic carbocycles. The molecule has 0 spiro atoms. The number of nitrogens with zero attached hydrogens (tertiary/aromatic N) is 2. The van der Waals surface area contributed by atoms with Crippen molar-refractivity contribution in [2.75, 3.05) is 20.3 Å². The quantitative estimate of drug-likeness (QED) is 0.497. The zero-order chi connectivity index (χ0) is 23.9. The highest BCUT2D eigenvalue weighted by molar-refractivity contribution is 6.16. The average Bonchev–Trinajstić information content (AvgIpc) is 3.44. The number of hydrogen-bond donors (Lipinski definition) is 0. The smallest absolute Gasteiger partial charge is 0.340 e. The van der Waals surface area contributed by atoms with E-state index in [1.165, 1.54) is 18.2 Å². The highest BCUT2D eigenvalue weighted by Gasteiger charge is 2.38. The maximum absolute atomic E-state index is 13.4. The van der Waals surface area contributed by atoms with E-state index in [2.05, 4.69) is 49.6 Å². The molecule has 0 aliphatic carbocycles. The van der Waals surface area contributed by atoms with Gasteiger partial charge >= 0.3 is 5.97 Å². The lowest BCUT2D eigenvalue weighted by molar-refractivity contribution is -0.136. The maximum Gasteiger partial charge on any atom is 0.340 e. The van der Waals surface area contributed by atoms with Crippen molar-refractivity contribution in [2.45, 2.75) is 53.6 Å². The van der Waals surface area contributed by atoms with Gasteiger partial charge in [0, 0.05) is 29.4 Å². The summed E-state index contributed by atoms with van der Waals surface area (Å²) in [6, 6.07) is 8.44. The van der Waals surface area contributed by atoms with Gasteiger partial charge in [-0.05, 0) is 76.8 Å². The summed E-state index contributed by atoms with van der Waals surface area (Å²) in [6.45, 7) is 11.2. The predicted molar refractivity (Wildman–Crippen MR) is 128 cm³/mol. The molecule has 33 heavy (non-hydrogen) atoms. The number of aromatic nitrogens is 1. The molecule has 2 aliphatic rings. The summed E-state index contributed by atoms with van der Waals surface area (Å²) >= 11 is 0. The molecule has 2 aromatic rings. The Bertz CT molecular complexity index is 1180. The van der Waals surface area contributed by atoms with E-state index in [-0.39, 0.29) is 12.0 Å². The van der Waals surface area contributed by atoms with Crippen LogP contribution in [0.2, 0.25) is 0 Å². The Morgan fingerprint density at radius 1 is 1.18 bits per heavy atom. The van der Waals surface area contributed by atoms with Crippen LogP contribution >= 0.6 is 0 Å². The number of carbonyl (C=O) groups excluding carboxylic acids is 2. The molecule has 1 aromatic heterocycles. The molecule has 6 nitrogen and oxygen atoms in total. The van der Waals surface area contributed by atoms with Crippen LogP contribution in [0.15, 0.2) is 41.1 Å². The summed E-state index contributed by atoms with van der Waals surface area (Å²) in [6.07, 6.45) is 3.74. The molecule has 0 saturated carbocycles. The first-order valence-electron chi connectivity index (χ1n) is 11.4. The Morgan fingerprint density at radius 3 is 2.58 bits per heavy atom. The second kappa shape index (κ2) is 9.02. The number of rotatable bonds is 5. The van der Waals surface area contributed by atoms with Gasteiger partial charge in [0.15, 0.2) is 0 Å². The summed E-state index contributed by atoms with van der Waals surface area (Å²) in [5, 5.41) is 0. The first-order valence-corrected chi connectivity index (χ1v) is 11.4. The van der Waals surface area contributed by atoms with E-state index in [4.69, 9.17) is 9.47 Å². The van der Waals surface area contributed by atoms with E-state index in [1.54, 1.807) is 11.8 Å². The van der Waals surface area contributed by atoms with Gasteiger partial charge in [0.2, 0.25) is 0 Å². The van der Waals surface area contributed by atoms with E-state index < -0.39 is 5.97 Å². The number of methoxy groups -OCH3 is 1. The molecule has 6 heteroatoms. The van der Waals surface area contributed by atoms with Crippen molar-refractivity contribution in [1.82, 2.24) is 9.47 Å². The Labute approximate surface area is 195 Å². The molecule has 174 valence electrons. The lowest BCUT2D eigenvalue weighted by atomic mass is 10.0. The second-order valence-electron chi connectivity index (χ2n) is 9.01. The van der Waals surface area contributed by atoms with Gasteiger partial charge in [-0.1, -0.05) is 17.7 Å². The zero-order valence-corrected chi connectivity index (χ0v) is 20.3. The fourth-order valence-corrected chi connectivity index (χ4v) is 4.96. The van der Waals surface area contributed by atoms with Gasteiger partial charge < -0.3 is 18.9 Å². The minimum atomic E-state index is -0.495. The second-order valence-corrected chi connectivity index (χ2v) is 9.01. The first-order chi connectivity index (χ1) is 15.7. The van der Waals surface area contributed by atoms with Gasteiger partial charge in [-0.15, -0.1) is 0 Å². The minimum absolute atomic E-state index is 0.00303. The van der Waals surface area contributed by atoms with Crippen LogP contribution in [0, 0.1) is 27.7 Å². The third kappa shape index (κ3) is 4.15. The van der Waals surface area contributed by atoms with Gasteiger partial charge in [0.1, 0.15) is 0 Å². The molecular formula is C27H32N2O4. The standard InChI is InChI=1S/C27H32N2O4/c1-16-9-10-24(17(2)12-16)29-18(3)13-21(19(29)4)14-23-25(27(31)32-6)20(5)28(26(23)30)15-22-8-7-11-33-22/h9-10,12-14,22H,7-8,11,15H2,1-6H3/b23-14-. The van der Waals surface area contributed by atoms with Gasteiger partial charge in [-0.3, -0.25) is 4.79 Å². The average molecular weight is 449 g/mol. The van der Waals surface area contributed by atoms with E-state index in [0.29, 0.717) is 30.0 Å². The number of carbonyl (C=O) groups is 2. The lowest BCUT2D eigenvalue weighted by Crippen LogP contribution is -2.33. The topological polar surface area (TPSA) is 60.8 Å². The van der Waals surface area contributed by atoms with Crippen molar-refractivity contribution < 1.29 is 19.1 Å². The SMILES string of the molecule is COC(=O)C1=C(C)N(CC2CCCO2)C(=O)/C1=C\c1cc(C)n(-c2ccc(C)cc2C)c1C. The summed E-state index contributed by atoms with van der Waals surface area (Å²) < 4.78 is 13.0. The Balaban J connectivity index is 1.77. The molecule has 1 unspecified atom stereocenters. The number of benzene rings is 1. The summed E-state index contributed by atoms with van der Waals surface area (Å²) in [4.78, 5) is 27.8. The van der Waals surface area contributed by atoms with Gasteiger partial charge in [-0.2, -0.15) is 0 Å². The van der Waals surface area contributed by atoms with Gasteiger partial charge in [0.25, 0.3) is 5.91 Å². The molecule has 1 amide bonds. The van der Waals surface area contributed by atoms with Crippen molar-refractivity contribution >= 4 is 18.0 Å². The number of aryl methyl sites for hydroxylation is 3. The lowest BCUT2D eigenvalue weighted by Gasteiger charge is -2.21. The van der Waals surface area contributed by atoms with E-state index >= 15 is 0 Å². The van der Waals surface area contributed by atoms with Crippen molar-refractivity contribution in [3.8, 4) is 5.69 Å². The van der Waals surface area contributed by atoms with Crippen LogP contribution in [-0.4, -0.2) is 47.7 Å². The predicted octanol–water partition coefficient (Wildman–Crippen LogP) is 4.56. The Kier molecular flexibility index (Phi) is 6.30.